The van der Waals surface area contributed by atoms with Gasteiger partial charge in [0.05, 0.1) is 12.8 Å². The van der Waals surface area contributed by atoms with Crippen LogP contribution < -0.4 is 15.4 Å². The maximum Gasteiger partial charge on any atom is 0.251 e. The first-order valence-corrected chi connectivity index (χ1v) is 9.14. The summed E-state index contributed by atoms with van der Waals surface area (Å²) < 4.78 is 5.28. The van der Waals surface area contributed by atoms with Crippen LogP contribution in [0, 0.1) is 0 Å². The number of anilines is 1. The highest BCUT2D eigenvalue weighted by Gasteiger charge is 2.23. The molecule has 0 aliphatic carbocycles. The van der Waals surface area contributed by atoms with Gasteiger partial charge in [-0.05, 0) is 42.0 Å². The minimum atomic E-state index is -0.822. The van der Waals surface area contributed by atoms with Crippen molar-refractivity contribution < 1.29 is 19.4 Å². The van der Waals surface area contributed by atoms with Crippen molar-refractivity contribution in [3.63, 3.8) is 0 Å². The first kappa shape index (κ1) is 19.9. The smallest absolute Gasteiger partial charge is 0.251 e. The van der Waals surface area contributed by atoms with E-state index in [1.165, 1.54) is 7.11 Å². The molecular weight excluding hydrogens is 368 g/mol. The number of aromatic hydroxyl groups is 1. The maximum absolute atomic E-state index is 13.0. The molecule has 3 aromatic carbocycles. The SMILES string of the molecule is COc1ccccc1NC(=O)C(Cc1ccc(O)cc1)NC(=O)c1ccccc1. The second-order valence-corrected chi connectivity index (χ2v) is 6.45. The van der Waals surface area contributed by atoms with Crippen molar-refractivity contribution in [3.8, 4) is 11.5 Å². The molecule has 0 aliphatic rings. The number of methoxy groups -OCH3 is 1. The Morgan fingerprint density at radius 1 is 0.931 bits per heavy atom. The molecule has 0 saturated carbocycles. The molecule has 3 N–H and O–H groups in total. The van der Waals surface area contributed by atoms with Gasteiger partial charge in [-0.3, -0.25) is 9.59 Å². The summed E-state index contributed by atoms with van der Waals surface area (Å²) >= 11 is 0. The number of carbonyl (C=O) groups excluding carboxylic acids is 2. The normalized spacial score (nSPS) is 11.3. The standard InChI is InChI=1S/C23H22N2O4/c1-29-21-10-6-5-9-19(21)24-23(28)20(15-16-11-13-18(26)14-12-16)25-22(27)17-7-3-2-4-8-17/h2-14,20,26H,15H2,1H3,(H,24,28)(H,25,27). The molecule has 148 valence electrons. The maximum atomic E-state index is 13.0. The third-order valence-electron chi connectivity index (χ3n) is 4.40. The van der Waals surface area contributed by atoms with E-state index in [0.29, 0.717) is 17.0 Å². The molecule has 0 aromatic heterocycles. The molecule has 0 aliphatic heterocycles. The summed E-state index contributed by atoms with van der Waals surface area (Å²) in [5, 5.41) is 15.1. The third kappa shape index (κ3) is 5.35. The molecule has 0 bridgehead atoms. The molecule has 0 saturated heterocycles. The summed E-state index contributed by atoms with van der Waals surface area (Å²) in [6, 6.07) is 21.5. The number of ether oxygens (including phenoxy) is 1. The fraction of sp³-hybridized carbons (Fsp3) is 0.130. The number of para-hydroxylation sites is 2. The zero-order valence-corrected chi connectivity index (χ0v) is 16.0. The molecular formula is C23H22N2O4. The van der Waals surface area contributed by atoms with E-state index in [0.717, 1.165) is 5.56 Å². The summed E-state index contributed by atoms with van der Waals surface area (Å²) in [5.41, 5.74) is 1.79. The third-order valence-corrected chi connectivity index (χ3v) is 4.40. The predicted molar refractivity (Wildman–Crippen MR) is 111 cm³/mol. The molecule has 3 rings (SSSR count). The Labute approximate surface area is 169 Å². The van der Waals surface area contributed by atoms with E-state index in [2.05, 4.69) is 10.6 Å². The number of amides is 2. The van der Waals surface area contributed by atoms with Crippen molar-refractivity contribution in [2.75, 3.05) is 12.4 Å². The Kier molecular flexibility index (Phi) is 6.47. The van der Waals surface area contributed by atoms with Crippen LogP contribution in [-0.4, -0.2) is 30.1 Å². The predicted octanol–water partition coefficient (Wildman–Crippen LogP) is 3.38. The average molecular weight is 390 g/mol. The van der Waals surface area contributed by atoms with Gasteiger partial charge in [0, 0.05) is 12.0 Å². The lowest BCUT2D eigenvalue weighted by molar-refractivity contribution is -0.118. The molecule has 6 nitrogen and oxygen atoms in total. The van der Waals surface area contributed by atoms with Gasteiger partial charge in [-0.2, -0.15) is 0 Å². The van der Waals surface area contributed by atoms with Crippen molar-refractivity contribution in [1.29, 1.82) is 0 Å². The number of phenolic OH excluding ortho intramolecular Hbond substituents is 1. The first-order valence-electron chi connectivity index (χ1n) is 9.14. The van der Waals surface area contributed by atoms with Gasteiger partial charge in [-0.25, -0.2) is 0 Å². The summed E-state index contributed by atoms with van der Waals surface area (Å²) in [6.45, 7) is 0. The van der Waals surface area contributed by atoms with Gasteiger partial charge < -0.3 is 20.5 Å². The average Bonchev–Trinajstić information content (AvgIpc) is 2.75. The number of rotatable bonds is 7. The lowest BCUT2D eigenvalue weighted by atomic mass is 10.0. The van der Waals surface area contributed by atoms with E-state index in [-0.39, 0.29) is 24.0 Å². The van der Waals surface area contributed by atoms with Gasteiger partial charge in [0.15, 0.2) is 0 Å². The van der Waals surface area contributed by atoms with Crippen LogP contribution in [0.1, 0.15) is 15.9 Å². The molecule has 1 unspecified atom stereocenters. The number of benzene rings is 3. The van der Waals surface area contributed by atoms with Gasteiger partial charge in [-0.15, -0.1) is 0 Å². The van der Waals surface area contributed by atoms with E-state index < -0.39 is 6.04 Å². The van der Waals surface area contributed by atoms with Crippen LogP contribution in [0.2, 0.25) is 0 Å². The molecule has 0 spiro atoms. The van der Waals surface area contributed by atoms with Gasteiger partial charge >= 0.3 is 0 Å². The zero-order valence-electron chi connectivity index (χ0n) is 16.0. The van der Waals surface area contributed by atoms with Crippen LogP contribution in [0.25, 0.3) is 0 Å². The second-order valence-electron chi connectivity index (χ2n) is 6.45. The van der Waals surface area contributed by atoms with Crippen LogP contribution in [-0.2, 0) is 11.2 Å². The zero-order chi connectivity index (χ0) is 20.6. The van der Waals surface area contributed by atoms with Crippen molar-refractivity contribution in [1.82, 2.24) is 5.32 Å². The molecule has 29 heavy (non-hydrogen) atoms. The summed E-state index contributed by atoms with van der Waals surface area (Å²) in [4.78, 5) is 25.6. The molecule has 0 heterocycles. The van der Waals surface area contributed by atoms with Crippen LogP contribution in [0.5, 0.6) is 11.5 Å². The van der Waals surface area contributed by atoms with Gasteiger partial charge in [0.2, 0.25) is 5.91 Å². The van der Waals surface area contributed by atoms with Crippen molar-refractivity contribution in [2.45, 2.75) is 12.5 Å². The lowest BCUT2D eigenvalue weighted by Crippen LogP contribution is -2.45. The monoisotopic (exact) mass is 390 g/mol. The number of nitrogens with one attached hydrogen (secondary N) is 2. The molecule has 0 fully saturated rings. The Morgan fingerprint density at radius 2 is 1.59 bits per heavy atom. The summed E-state index contributed by atoms with van der Waals surface area (Å²) in [7, 11) is 1.52. The van der Waals surface area contributed by atoms with E-state index in [9.17, 15) is 14.7 Å². The van der Waals surface area contributed by atoms with Crippen molar-refractivity contribution >= 4 is 17.5 Å². The second kappa shape index (κ2) is 9.41. The highest BCUT2D eigenvalue weighted by molar-refractivity contribution is 6.01. The van der Waals surface area contributed by atoms with Gasteiger partial charge in [0.1, 0.15) is 17.5 Å². The highest BCUT2D eigenvalue weighted by atomic mass is 16.5. The van der Waals surface area contributed by atoms with E-state index >= 15 is 0 Å². The number of hydrogen-bond donors (Lipinski definition) is 3. The molecule has 6 heteroatoms. The van der Waals surface area contributed by atoms with Gasteiger partial charge in [-0.1, -0.05) is 42.5 Å². The Hall–Kier alpha value is -3.80. The topological polar surface area (TPSA) is 87.7 Å². The number of carbonyl (C=O) groups is 2. The van der Waals surface area contributed by atoms with Crippen LogP contribution >= 0.6 is 0 Å². The number of phenols is 1. The van der Waals surface area contributed by atoms with Crippen molar-refractivity contribution in [2.24, 2.45) is 0 Å². The van der Waals surface area contributed by atoms with E-state index in [4.69, 9.17) is 4.74 Å². The quantitative estimate of drug-likeness (QED) is 0.577. The van der Waals surface area contributed by atoms with Gasteiger partial charge in [0.25, 0.3) is 5.91 Å². The molecule has 2 amide bonds. The lowest BCUT2D eigenvalue weighted by Gasteiger charge is -2.20. The van der Waals surface area contributed by atoms with E-state index in [1.54, 1.807) is 72.8 Å². The number of hydrogen-bond acceptors (Lipinski definition) is 4. The van der Waals surface area contributed by atoms with Crippen LogP contribution in [0.4, 0.5) is 5.69 Å². The molecule has 1 atom stereocenters. The minimum absolute atomic E-state index is 0.136. The Bertz CT molecular complexity index is 972. The Morgan fingerprint density at radius 3 is 2.28 bits per heavy atom. The van der Waals surface area contributed by atoms with Crippen LogP contribution in [0.3, 0.4) is 0 Å². The largest absolute Gasteiger partial charge is 0.508 e. The first-order chi connectivity index (χ1) is 14.1. The highest BCUT2D eigenvalue weighted by Crippen LogP contribution is 2.23. The van der Waals surface area contributed by atoms with E-state index in [1.807, 2.05) is 6.07 Å². The summed E-state index contributed by atoms with van der Waals surface area (Å²) in [5.74, 6) is -0.0490. The summed E-state index contributed by atoms with van der Waals surface area (Å²) in [6.07, 6.45) is 0.264. The fourth-order valence-electron chi connectivity index (χ4n) is 2.88. The van der Waals surface area contributed by atoms with Crippen molar-refractivity contribution in [3.05, 3.63) is 90.0 Å². The fourth-order valence-corrected chi connectivity index (χ4v) is 2.88. The minimum Gasteiger partial charge on any atom is -0.508 e. The molecule has 3 aromatic rings. The molecule has 0 radical (unpaired) electrons. The Balaban J connectivity index is 1.81. The van der Waals surface area contributed by atoms with Crippen LogP contribution in [0.15, 0.2) is 78.9 Å².